The van der Waals surface area contributed by atoms with E-state index in [4.69, 9.17) is 0 Å². The highest BCUT2D eigenvalue weighted by molar-refractivity contribution is 5.89. The third kappa shape index (κ3) is 4.60. The summed E-state index contributed by atoms with van der Waals surface area (Å²) in [6, 6.07) is 11.8. The molecule has 2 heterocycles. The number of carbonyl (C=O) groups excluding carboxylic acids is 1. The normalized spacial score (nSPS) is 11.0. The molecule has 0 fully saturated rings. The second-order valence-corrected chi connectivity index (χ2v) is 5.78. The van der Waals surface area contributed by atoms with Crippen molar-refractivity contribution in [2.24, 2.45) is 0 Å². The van der Waals surface area contributed by atoms with Gasteiger partial charge in [-0.3, -0.25) is 9.78 Å². The summed E-state index contributed by atoms with van der Waals surface area (Å²) in [6.07, 6.45) is 6.27. The predicted octanol–water partition coefficient (Wildman–Crippen LogP) is 2.74. The van der Waals surface area contributed by atoms with Crippen LogP contribution in [0.15, 0.2) is 55.0 Å². The van der Waals surface area contributed by atoms with E-state index in [2.05, 4.69) is 26.4 Å². The molecule has 1 aromatic carbocycles. The number of benzene rings is 1. The molecule has 0 spiro atoms. The van der Waals surface area contributed by atoms with Crippen LogP contribution in [-0.2, 0) is 11.3 Å². The maximum atomic E-state index is 11.9. The minimum absolute atomic E-state index is 0.214. The Morgan fingerprint density at radius 3 is 2.68 bits per heavy atom. The van der Waals surface area contributed by atoms with Gasteiger partial charge in [-0.2, -0.15) is 0 Å². The van der Waals surface area contributed by atoms with Crippen LogP contribution in [0.2, 0.25) is 0 Å². The summed E-state index contributed by atoms with van der Waals surface area (Å²) in [5, 5.41) is 7.15. The van der Waals surface area contributed by atoms with Crippen LogP contribution >= 0.6 is 0 Å². The van der Waals surface area contributed by atoms with Crippen molar-refractivity contribution in [2.75, 3.05) is 0 Å². The maximum Gasteiger partial charge on any atom is 0.245 e. The smallest absolute Gasteiger partial charge is 0.245 e. The lowest BCUT2D eigenvalue weighted by Gasteiger charge is -2.01. The standard InChI is InChI=1S/C19H19N5O/c1-14-9-15(2)11-16(10-14)19-22-13-24(23-19)8-6-18(25)21-12-17-5-3-4-7-20-17/h3-11,13H,12H2,1-2H3,(H,21,25)/b8-6-. The molecule has 0 aliphatic heterocycles. The zero-order valence-corrected chi connectivity index (χ0v) is 14.2. The highest BCUT2D eigenvalue weighted by Gasteiger charge is 2.05. The second-order valence-electron chi connectivity index (χ2n) is 5.78. The summed E-state index contributed by atoms with van der Waals surface area (Å²) in [7, 11) is 0. The molecule has 126 valence electrons. The molecule has 3 aromatic rings. The average Bonchev–Trinajstić information content (AvgIpc) is 3.07. The largest absolute Gasteiger partial charge is 0.347 e. The molecule has 25 heavy (non-hydrogen) atoms. The van der Waals surface area contributed by atoms with Gasteiger partial charge in [-0.05, 0) is 38.1 Å². The van der Waals surface area contributed by atoms with E-state index in [0.717, 1.165) is 22.4 Å². The fourth-order valence-electron chi connectivity index (χ4n) is 2.47. The topological polar surface area (TPSA) is 72.7 Å². The Labute approximate surface area is 146 Å². The lowest BCUT2D eigenvalue weighted by Crippen LogP contribution is -2.20. The fourth-order valence-corrected chi connectivity index (χ4v) is 2.47. The third-order valence-corrected chi connectivity index (χ3v) is 3.54. The first-order chi connectivity index (χ1) is 12.1. The number of amides is 1. The lowest BCUT2D eigenvalue weighted by molar-refractivity contribution is -0.116. The number of carbonyl (C=O) groups is 1. The quantitative estimate of drug-likeness (QED) is 0.729. The number of nitrogens with zero attached hydrogens (tertiary/aromatic N) is 4. The summed E-state index contributed by atoms with van der Waals surface area (Å²) in [5.41, 5.74) is 4.10. The number of pyridine rings is 1. The molecule has 0 atom stereocenters. The second kappa shape index (κ2) is 7.53. The van der Waals surface area contributed by atoms with Gasteiger partial charge in [-0.1, -0.05) is 23.3 Å². The SMILES string of the molecule is Cc1cc(C)cc(-c2ncn(/C=C\C(=O)NCc3ccccn3)n2)c1. The summed E-state index contributed by atoms with van der Waals surface area (Å²) in [5.74, 6) is 0.416. The van der Waals surface area contributed by atoms with Crippen molar-refractivity contribution in [3.05, 3.63) is 71.8 Å². The molecule has 3 rings (SSSR count). The Hall–Kier alpha value is -3.28. The summed E-state index contributed by atoms with van der Waals surface area (Å²) < 4.78 is 1.52. The maximum absolute atomic E-state index is 11.9. The van der Waals surface area contributed by atoms with Gasteiger partial charge < -0.3 is 5.32 Å². The molecule has 0 aliphatic carbocycles. The molecule has 0 bridgehead atoms. The van der Waals surface area contributed by atoms with Crippen LogP contribution in [0.25, 0.3) is 17.6 Å². The summed E-state index contributed by atoms with van der Waals surface area (Å²) in [6.45, 7) is 4.47. The molecule has 0 aliphatic rings. The van der Waals surface area contributed by atoms with Gasteiger partial charge in [0.15, 0.2) is 5.82 Å². The zero-order valence-electron chi connectivity index (χ0n) is 14.2. The molecule has 2 aromatic heterocycles. The Morgan fingerprint density at radius 1 is 1.16 bits per heavy atom. The molecular formula is C19H19N5O. The monoisotopic (exact) mass is 333 g/mol. The molecule has 0 unspecified atom stereocenters. The fraction of sp³-hybridized carbons (Fsp3) is 0.158. The van der Waals surface area contributed by atoms with Crippen molar-refractivity contribution in [3.63, 3.8) is 0 Å². The van der Waals surface area contributed by atoms with Crippen LogP contribution in [0.1, 0.15) is 16.8 Å². The minimum atomic E-state index is -0.214. The van der Waals surface area contributed by atoms with Crippen LogP contribution in [0.4, 0.5) is 0 Å². The average molecular weight is 333 g/mol. The van der Waals surface area contributed by atoms with Crippen LogP contribution in [0.3, 0.4) is 0 Å². The molecule has 1 amide bonds. The van der Waals surface area contributed by atoms with Crippen molar-refractivity contribution >= 4 is 12.1 Å². The van der Waals surface area contributed by atoms with Gasteiger partial charge in [0.05, 0.1) is 12.2 Å². The van der Waals surface area contributed by atoms with E-state index in [-0.39, 0.29) is 5.91 Å². The first-order valence-corrected chi connectivity index (χ1v) is 7.96. The Bertz CT molecular complexity index is 879. The molecule has 6 heteroatoms. The number of rotatable bonds is 5. The van der Waals surface area contributed by atoms with Gasteiger partial charge in [0.25, 0.3) is 0 Å². The van der Waals surface area contributed by atoms with Crippen molar-refractivity contribution in [3.8, 4) is 11.4 Å². The van der Waals surface area contributed by atoms with Crippen molar-refractivity contribution in [1.82, 2.24) is 25.1 Å². The van der Waals surface area contributed by atoms with E-state index in [0.29, 0.717) is 12.4 Å². The van der Waals surface area contributed by atoms with Crippen molar-refractivity contribution in [2.45, 2.75) is 20.4 Å². The molecule has 0 saturated carbocycles. The molecule has 0 radical (unpaired) electrons. The van der Waals surface area contributed by atoms with E-state index in [1.54, 1.807) is 18.7 Å². The van der Waals surface area contributed by atoms with Crippen molar-refractivity contribution in [1.29, 1.82) is 0 Å². The number of hydrogen-bond donors (Lipinski definition) is 1. The molecule has 1 N–H and O–H groups in total. The van der Waals surface area contributed by atoms with E-state index >= 15 is 0 Å². The van der Waals surface area contributed by atoms with Crippen LogP contribution in [-0.4, -0.2) is 25.7 Å². The molecule has 0 saturated heterocycles. The number of nitrogens with one attached hydrogen (secondary N) is 1. The first kappa shape index (κ1) is 16.6. The van der Waals surface area contributed by atoms with Gasteiger partial charge in [0, 0.05) is 24.0 Å². The van der Waals surface area contributed by atoms with Gasteiger partial charge in [0.1, 0.15) is 6.33 Å². The van der Waals surface area contributed by atoms with E-state index in [9.17, 15) is 4.79 Å². The summed E-state index contributed by atoms with van der Waals surface area (Å²) in [4.78, 5) is 20.3. The van der Waals surface area contributed by atoms with Gasteiger partial charge in [-0.15, -0.1) is 5.10 Å². The Kier molecular flexibility index (Phi) is 4.99. The van der Waals surface area contributed by atoms with Crippen LogP contribution in [0, 0.1) is 13.8 Å². The van der Waals surface area contributed by atoms with E-state index in [1.165, 1.54) is 10.8 Å². The molecule has 6 nitrogen and oxygen atoms in total. The number of hydrogen-bond acceptors (Lipinski definition) is 4. The van der Waals surface area contributed by atoms with Gasteiger partial charge in [-0.25, -0.2) is 9.67 Å². The predicted molar refractivity (Wildman–Crippen MR) is 96.3 cm³/mol. The van der Waals surface area contributed by atoms with Gasteiger partial charge >= 0.3 is 0 Å². The third-order valence-electron chi connectivity index (χ3n) is 3.54. The van der Waals surface area contributed by atoms with Gasteiger partial charge in [0.2, 0.25) is 5.91 Å². The Morgan fingerprint density at radius 2 is 1.96 bits per heavy atom. The number of aromatic nitrogens is 4. The van der Waals surface area contributed by atoms with E-state index in [1.807, 2.05) is 44.2 Å². The highest BCUT2D eigenvalue weighted by Crippen LogP contribution is 2.18. The van der Waals surface area contributed by atoms with Crippen LogP contribution < -0.4 is 5.32 Å². The highest BCUT2D eigenvalue weighted by atomic mass is 16.1. The first-order valence-electron chi connectivity index (χ1n) is 7.96. The summed E-state index contributed by atoms with van der Waals surface area (Å²) >= 11 is 0. The van der Waals surface area contributed by atoms with E-state index < -0.39 is 0 Å². The van der Waals surface area contributed by atoms with Crippen LogP contribution in [0.5, 0.6) is 0 Å². The zero-order chi connectivity index (χ0) is 17.6. The number of aryl methyl sites for hydroxylation is 2. The molecular weight excluding hydrogens is 314 g/mol. The van der Waals surface area contributed by atoms with Crippen molar-refractivity contribution < 1.29 is 4.79 Å². The Balaban J connectivity index is 1.62. The lowest BCUT2D eigenvalue weighted by atomic mass is 10.1. The minimum Gasteiger partial charge on any atom is -0.347 e.